The van der Waals surface area contributed by atoms with Gasteiger partial charge in [0.2, 0.25) is 0 Å². The molecule has 0 aliphatic carbocycles. The molecule has 0 aromatic carbocycles. The zero-order valence-corrected chi connectivity index (χ0v) is 12.7. The van der Waals surface area contributed by atoms with E-state index in [2.05, 4.69) is 42.5 Å². The lowest BCUT2D eigenvalue weighted by Crippen LogP contribution is -2.20. The summed E-state index contributed by atoms with van der Waals surface area (Å²) in [6, 6.07) is 2.04. The lowest BCUT2D eigenvalue weighted by Gasteiger charge is -2.12. The molecule has 0 aliphatic rings. The molecule has 0 saturated heterocycles. The number of rotatable bonds is 9. The molecular weight excluding hydrogens is 246 g/mol. The molecule has 1 rings (SSSR count). The molecule has 104 valence electrons. The van der Waals surface area contributed by atoms with Gasteiger partial charge in [0.05, 0.1) is 12.2 Å². The number of hydrogen-bond donors (Lipinski definition) is 1. The molecule has 0 unspecified atom stereocenters. The van der Waals surface area contributed by atoms with Gasteiger partial charge in [-0.25, -0.2) is 0 Å². The van der Waals surface area contributed by atoms with Gasteiger partial charge in [0.25, 0.3) is 0 Å². The van der Waals surface area contributed by atoms with E-state index in [1.54, 1.807) is 0 Å². The SMILES string of the molecule is CSCCN(C)Cc1cc(CNCC(C)C)no1. The Labute approximate surface area is 114 Å². The topological polar surface area (TPSA) is 41.3 Å². The van der Waals surface area contributed by atoms with Crippen LogP contribution in [-0.2, 0) is 13.1 Å². The van der Waals surface area contributed by atoms with E-state index in [1.807, 2.05) is 17.8 Å². The lowest BCUT2D eigenvalue weighted by molar-refractivity contribution is 0.283. The summed E-state index contributed by atoms with van der Waals surface area (Å²) in [7, 11) is 2.11. The normalized spacial score (nSPS) is 11.7. The van der Waals surface area contributed by atoms with E-state index in [-0.39, 0.29) is 0 Å². The second kappa shape index (κ2) is 8.56. The van der Waals surface area contributed by atoms with Crippen molar-refractivity contribution in [2.24, 2.45) is 5.92 Å². The van der Waals surface area contributed by atoms with Gasteiger partial charge in [-0.1, -0.05) is 19.0 Å². The van der Waals surface area contributed by atoms with Crippen LogP contribution < -0.4 is 5.32 Å². The highest BCUT2D eigenvalue weighted by Crippen LogP contribution is 2.07. The zero-order valence-electron chi connectivity index (χ0n) is 11.9. The highest BCUT2D eigenvalue weighted by Gasteiger charge is 2.07. The molecule has 4 nitrogen and oxygen atoms in total. The van der Waals surface area contributed by atoms with Crippen LogP contribution in [0.25, 0.3) is 0 Å². The summed E-state index contributed by atoms with van der Waals surface area (Å²) >= 11 is 1.86. The third-order valence-electron chi connectivity index (χ3n) is 2.57. The van der Waals surface area contributed by atoms with Gasteiger partial charge in [-0.3, -0.25) is 4.90 Å². The number of hydrogen-bond acceptors (Lipinski definition) is 5. The molecule has 0 saturated carbocycles. The van der Waals surface area contributed by atoms with E-state index in [9.17, 15) is 0 Å². The summed E-state index contributed by atoms with van der Waals surface area (Å²) < 4.78 is 5.33. The quantitative estimate of drug-likeness (QED) is 0.746. The molecule has 1 aromatic heterocycles. The predicted molar refractivity (Wildman–Crippen MR) is 77.8 cm³/mol. The molecule has 0 amide bonds. The van der Waals surface area contributed by atoms with Crippen LogP contribution in [-0.4, -0.2) is 42.2 Å². The Kier molecular flexibility index (Phi) is 7.39. The molecule has 18 heavy (non-hydrogen) atoms. The first-order valence-corrected chi connectivity index (χ1v) is 7.84. The predicted octanol–water partition coefficient (Wildman–Crippen LogP) is 2.21. The van der Waals surface area contributed by atoms with Gasteiger partial charge in [0, 0.05) is 24.9 Å². The van der Waals surface area contributed by atoms with Crippen molar-refractivity contribution in [3.05, 3.63) is 17.5 Å². The summed E-state index contributed by atoms with van der Waals surface area (Å²) in [4.78, 5) is 2.25. The van der Waals surface area contributed by atoms with Gasteiger partial charge in [-0.2, -0.15) is 11.8 Å². The van der Waals surface area contributed by atoms with Crippen molar-refractivity contribution >= 4 is 11.8 Å². The maximum absolute atomic E-state index is 5.33. The van der Waals surface area contributed by atoms with Crippen molar-refractivity contribution in [2.45, 2.75) is 26.9 Å². The van der Waals surface area contributed by atoms with E-state index in [0.29, 0.717) is 5.92 Å². The van der Waals surface area contributed by atoms with Crippen molar-refractivity contribution in [3.63, 3.8) is 0 Å². The van der Waals surface area contributed by atoms with Crippen LogP contribution in [0.5, 0.6) is 0 Å². The minimum absolute atomic E-state index is 0.661. The third kappa shape index (κ3) is 6.42. The van der Waals surface area contributed by atoms with E-state index in [4.69, 9.17) is 4.52 Å². The number of aromatic nitrogens is 1. The third-order valence-corrected chi connectivity index (χ3v) is 3.16. The highest BCUT2D eigenvalue weighted by molar-refractivity contribution is 7.98. The molecule has 1 N–H and O–H groups in total. The summed E-state index contributed by atoms with van der Waals surface area (Å²) in [6.07, 6.45) is 2.13. The summed E-state index contributed by atoms with van der Waals surface area (Å²) in [5, 5.41) is 7.44. The first-order valence-electron chi connectivity index (χ1n) is 6.44. The Morgan fingerprint density at radius 3 is 2.94 bits per heavy atom. The van der Waals surface area contributed by atoms with E-state index in [0.717, 1.165) is 43.4 Å². The average Bonchev–Trinajstić information content (AvgIpc) is 2.73. The highest BCUT2D eigenvalue weighted by atomic mass is 32.2. The molecule has 1 aromatic rings. The number of nitrogens with one attached hydrogen (secondary N) is 1. The van der Waals surface area contributed by atoms with Crippen molar-refractivity contribution in [3.8, 4) is 0 Å². The van der Waals surface area contributed by atoms with Crippen molar-refractivity contribution in [1.29, 1.82) is 0 Å². The van der Waals surface area contributed by atoms with Crippen LogP contribution in [0.3, 0.4) is 0 Å². The molecule has 1 heterocycles. The van der Waals surface area contributed by atoms with E-state index >= 15 is 0 Å². The minimum Gasteiger partial charge on any atom is -0.360 e. The Bertz CT molecular complexity index is 328. The number of nitrogens with zero attached hydrogens (tertiary/aromatic N) is 2. The Morgan fingerprint density at radius 2 is 2.28 bits per heavy atom. The number of thioether (sulfide) groups is 1. The van der Waals surface area contributed by atoms with Crippen LogP contribution in [0.1, 0.15) is 25.3 Å². The molecular formula is C13H25N3OS. The first kappa shape index (κ1) is 15.5. The zero-order chi connectivity index (χ0) is 13.4. The monoisotopic (exact) mass is 271 g/mol. The van der Waals surface area contributed by atoms with Gasteiger partial charge in [-0.15, -0.1) is 0 Å². The Hall–Kier alpha value is -0.520. The molecule has 0 spiro atoms. The fourth-order valence-corrected chi connectivity index (χ4v) is 2.09. The van der Waals surface area contributed by atoms with Crippen molar-refractivity contribution in [2.75, 3.05) is 32.1 Å². The molecule has 0 atom stereocenters. The minimum atomic E-state index is 0.661. The molecule has 0 aliphatic heterocycles. The lowest BCUT2D eigenvalue weighted by atomic mass is 10.2. The first-order chi connectivity index (χ1) is 8.61. The molecule has 0 fully saturated rings. The van der Waals surface area contributed by atoms with Gasteiger partial charge in [0.1, 0.15) is 0 Å². The second-order valence-electron chi connectivity index (χ2n) is 5.04. The molecule has 0 radical (unpaired) electrons. The van der Waals surface area contributed by atoms with Crippen molar-refractivity contribution in [1.82, 2.24) is 15.4 Å². The summed E-state index contributed by atoms with van der Waals surface area (Å²) in [6.45, 7) is 8.09. The fourth-order valence-electron chi connectivity index (χ4n) is 1.59. The Morgan fingerprint density at radius 1 is 1.50 bits per heavy atom. The molecule has 0 bridgehead atoms. The standard InChI is InChI=1S/C13H25N3OS/c1-11(2)8-14-9-12-7-13(17-15-12)10-16(3)5-6-18-4/h7,11,14H,5-6,8-10H2,1-4H3. The summed E-state index contributed by atoms with van der Waals surface area (Å²) in [5.74, 6) is 2.75. The van der Waals surface area contributed by atoms with Gasteiger partial charge in [-0.05, 0) is 25.8 Å². The van der Waals surface area contributed by atoms with Gasteiger partial charge in [0.15, 0.2) is 5.76 Å². The fraction of sp³-hybridized carbons (Fsp3) is 0.769. The molecule has 5 heteroatoms. The van der Waals surface area contributed by atoms with Crippen LogP contribution in [0, 0.1) is 5.92 Å². The smallest absolute Gasteiger partial charge is 0.151 e. The maximum atomic E-state index is 5.33. The van der Waals surface area contributed by atoms with Crippen LogP contribution in [0.15, 0.2) is 10.6 Å². The van der Waals surface area contributed by atoms with Crippen LogP contribution in [0.4, 0.5) is 0 Å². The van der Waals surface area contributed by atoms with E-state index in [1.165, 1.54) is 0 Å². The van der Waals surface area contributed by atoms with E-state index < -0.39 is 0 Å². The second-order valence-corrected chi connectivity index (χ2v) is 6.03. The maximum Gasteiger partial charge on any atom is 0.151 e. The average molecular weight is 271 g/mol. The van der Waals surface area contributed by atoms with Gasteiger partial charge >= 0.3 is 0 Å². The van der Waals surface area contributed by atoms with Crippen LogP contribution in [0.2, 0.25) is 0 Å². The van der Waals surface area contributed by atoms with Crippen molar-refractivity contribution < 1.29 is 4.52 Å². The van der Waals surface area contributed by atoms with Gasteiger partial charge < -0.3 is 9.84 Å². The summed E-state index contributed by atoms with van der Waals surface area (Å²) in [5.41, 5.74) is 0.990. The largest absolute Gasteiger partial charge is 0.360 e. The van der Waals surface area contributed by atoms with Crippen LogP contribution >= 0.6 is 11.8 Å². The Balaban J connectivity index is 2.29.